The molecule has 2 aromatic heterocycles. The van der Waals surface area contributed by atoms with Crippen molar-refractivity contribution in [2.45, 2.75) is 43.9 Å². The van der Waals surface area contributed by atoms with Gasteiger partial charge in [0.15, 0.2) is 11.5 Å². The molecule has 2 saturated heterocycles. The first kappa shape index (κ1) is 21.0. The SMILES string of the molecule is O=C(c1cccc(F)c1-c1ncccn1)N1C2CCC1C(Cc1nc(C(F)(F)F)cs1)C2. The van der Waals surface area contributed by atoms with Crippen molar-refractivity contribution < 1.29 is 22.4 Å². The van der Waals surface area contributed by atoms with E-state index in [4.69, 9.17) is 0 Å². The van der Waals surface area contributed by atoms with Crippen LogP contribution in [0.1, 0.15) is 40.3 Å². The number of rotatable bonds is 4. The second kappa shape index (κ2) is 7.91. The van der Waals surface area contributed by atoms with Crippen LogP contribution in [0.4, 0.5) is 17.6 Å². The molecule has 3 aromatic rings. The number of hydrogen-bond acceptors (Lipinski definition) is 5. The number of fused-ring (bicyclic) bond motifs is 2. The fourth-order valence-corrected chi connectivity index (χ4v) is 5.80. The molecule has 3 unspecified atom stereocenters. The topological polar surface area (TPSA) is 59.0 Å². The van der Waals surface area contributed by atoms with E-state index < -0.39 is 17.7 Å². The average molecular weight is 462 g/mol. The Hall–Kier alpha value is -2.88. The molecule has 2 aliphatic heterocycles. The number of alkyl halides is 3. The largest absolute Gasteiger partial charge is 0.434 e. The van der Waals surface area contributed by atoms with Crippen LogP contribution in [0.15, 0.2) is 42.0 Å². The zero-order valence-electron chi connectivity index (χ0n) is 16.7. The van der Waals surface area contributed by atoms with E-state index >= 15 is 0 Å². The molecule has 0 N–H and O–H groups in total. The number of nitrogens with zero attached hydrogens (tertiary/aromatic N) is 4. The minimum absolute atomic E-state index is 0.0210. The number of halogens is 4. The molecule has 4 heterocycles. The number of thiazole rings is 1. The number of hydrogen-bond donors (Lipinski definition) is 0. The van der Waals surface area contributed by atoms with Crippen LogP contribution < -0.4 is 0 Å². The van der Waals surface area contributed by atoms with Gasteiger partial charge < -0.3 is 4.90 Å². The molecular weight excluding hydrogens is 444 g/mol. The number of aromatic nitrogens is 3. The summed E-state index contributed by atoms with van der Waals surface area (Å²) in [5, 5.41) is 1.45. The normalized spacial score (nSPS) is 22.5. The molecule has 0 radical (unpaired) electrons. The van der Waals surface area contributed by atoms with Crippen molar-refractivity contribution in [1.82, 2.24) is 19.9 Å². The molecule has 5 rings (SSSR count). The molecule has 5 nitrogen and oxygen atoms in total. The molecule has 0 spiro atoms. The van der Waals surface area contributed by atoms with Crippen LogP contribution in [-0.2, 0) is 12.6 Å². The van der Waals surface area contributed by atoms with Gasteiger partial charge in [-0.2, -0.15) is 13.2 Å². The van der Waals surface area contributed by atoms with Gasteiger partial charge in [-0.25, -0.2) is 19.3 Å². The van der Waals surface area contributed by atoms with E-state index in [2.05, 4.69) is 15.0 Å². The fourth-order valence-electron chi connectivity index (χ4n) is 4.90. The lowest BCUT2D eigenvalue weighted by Crippen LogP contribution is -2.37. The Morgan fingerprint density at radius 1 is 1.16 bits per heavy atom. The van der Waals surface area contributed by atoms with Crippen molar-refractivity contribution in [2.24, 2.45) is 5.92 Å². The minimum Gasteiger partial charge on any atom is -0.332 e. The van der Waals surface area contributed by atoms with E-state index in [9.17, 15) is 22.4 Å². The predicted molar refractivity (Wildman–Crippen MR) is 109 cm³/mol. The highest BCUT2D eigenvalue weighted by Crippen LogP contribution is 2.45. The maximum atomic E-state index is 14.7. The highest BCUT2D eigenvalue weighted by atomic mass is 32.1. The molecule has 0 saturated carbocycles. The van der Waals surface area contributed by atoms with Gasteiger partial charge in [0.25, 0.3) is 5.91 Å². The third-order valence-corrected chi connectivity index (χ3v) is 7.08. The van der Waals surface area contributed by atoms with Crippen LogP contribution in [0, 0.1) is 11.7 Å². The van der Waals surface area contributed by atoms with E-state index in [0.717, 1.165) is 29.6 Å². The van der Waals surface area contributed by atoms with E-state index in [1.807, 2.05) is 0 Å². The molecule has 0 aliphatic carbocycles. The molecule has 166 valence electrons. The number of benzene rings is 1. The summed E-state index contributed by atoms with van der Waals surface area (Å²) in [7, 11) is 0. The number of carbonyl (C=O) groups is 1. The van der Waals surface area contributed by atoms with Crippen molar-refractivity contribution in [3.63, 3.8) is 0 Å². The van der Waals surface area contributed by atoms with E-state index in [1.54, 1.807) is 17.0 Å². The Kier molecular flexibility index (Phi) is 5.19. The van der Waals surface area contributed by atoms with Gasteiger partial charge in [-0.3, -0.25) is 4.79 Å². The first-order chi connectivity index (χ1) is 15.3. The molecule has 32 heavy (non-hydrogen) atoms. The first-order valence-corrected chi connectivity index (χ1v) is 11.1. The van der Waals surface area contributed by atoms with Crippen LogP contribution in [0.3, 0.4) is 0 Å². The van der Waals surface area contributed by atoms with Gasteiger partial charge in [-0.05, 0) is 43.4 Å². The van der Waals surface area contributed by atoms with Gasteiger partial charge >= 0.3 is 6.18 Å². The maximum Gasteiger partial charge on any atom is 0.434 e. The lowest BCUT2D eigenvalue weighted by molar-refractivity contribution is -0.140. The molecule has 3 atom stereocenters. The van der Waals surface area contributed by atoms with Crippen LogP contribution >= 0.6 is 11.3 Å². The van der Waals surface area contributed by atoms with Crippen LogP contribution in [0.2, 0.25) is 0 Å². The second-order valence-corrected chi connectivity index (χ2v) is 9.01. The summed E-state index contributed by atoms with van der Waals surface area (Å²) in [5.41, 5.74) is -0.612. The zero-order valence-corrected chi connectivity index (χ0v) is 17.5. The fraction of sp³-hybridized carbons (Fsp3) is 0.364. The molecule has 2 bridgehead atoms. The highest BCUT2D eigenvalue weighted by Gasteiger charge is 2.49. The van der Waals surface area contributed by atoms with E-state index in [-0.39, 0.29) is 40.9 Å². The van der Waals surface area contributed by atoms with E-state index in [1.165, 1.54) is 24.5 Å². The first-order valence-electron chi connectivity index (χ1n) is 10.2. The van der Waals surface area contributed by atoms with Gasteiger partial charge in [0, 0.05) is 36.3 Å². The average Bonchev–Trinajstić information content (AvgIpc) is 3.48. The summed E-state index contributed by atoms with van der Waals surface area (Å²) in [6.07, 6.45) is 1.20. The van der Waals surface area contributed by atoms with Crippen molar-refractivity contribution in [1.29, 1.82) is 0 Å². The van der Waals surface area contributed by atoms with Crippen LogP contribution in [0.25, 0.3) is 11.4 Å². The Balaban J connectivity index is 1.41. The number of carbonyl (C=O) groups excluding carboxylic acids is 1. The molecule has 1 aromatic carbocycles. The van der Waals surface area contributed by atoms with Gasteiger partial charge in [0.2, 0.25) is 0 Å². The second-order valence-electron chi connectivity index (χ2n) is 8.07. The Labute approximate surface area is 185 Å². The van der Waals surface area contributed by atoms with Crippen molar-refractivity contribution in [2.75, 3.05) is 0 Å². The summed E-state index contributed by atoms with van der Waals surface area (Å²) in [6.45, 7) is 0. The number of amides is 1. The summed E-state index contributed by atoms with van der Waals surface area (Å²) < 4.78 is 53.3. The predicted octanol–water partition coefficient (Wildman–Crippen LogP) is 4.99. The van der Waals surface area contributed by atoms with Gasteiger partial charge in [-0.1, -0.05) is 6.07 Å². The summed E-state index contributed by atoms with van der Waals surface area (Å²) in [4.78, 5) is 27.3. The Morgan fingerprint density at radius 2 is 1.94 bits per heavy atom. The molecule has 2 fully saturated rings. The standard InChI is InChI=1S/C22H18F4N4OS/c23-15-4-1-3-14(19(15)20-27-7-2-8-28-20)21(31)30-13-5-6-16(30)12(9-13)10-18-29-17(11-32-18)22(24,25)26/h1-4,7-8,11-13,16H,5-6,9-10H2. The molecule has 10 heteroatoms. The lowest BCUT2D eigenvalue weighted by atomic mass is 9.87. The van der Waals surface area contributed by atoms with Gasteiger partial charge in [0.05, 0.1) is 16.1 Å². The van der Waals surface area contributed by atoms with Crippen LogP contribution in [-0.4, -0.2) is 37.8 Å². The lowest BCUT2D eigenvalue weighted by Gasteiger charge is -2.25. The smallest absolute Gasteiger partial charge is 0.332 e. The van der Waals surface area contributed by atoms with Gasteiger partial charge in [0.1, 0.15) is 5.82 Å². The van der Waals surface area contributed by atoms with E-state index in [0.29, 0.717) is 17.8 Å². The minimum atomic E-state index is -4.46. The molecule has 2 aliphatic rings. The zero-order chi connectivity index (χ0) is 22.5. The third kappa shape index (κ3) is 3.66. The maximum absolute atomic E-state index is 14.7. The Bertz CT molecular complexity index is 1150. The molecular formula is C22H18F4N4OS. The van der Waals surface area contributed by atoms with Crippen molar-refractivity contribution >= 4 is 17.2 Å². The van der Waals surface area contributed by atoms with Crippen molar-refractivity contribution in [3.8, 4) is 11.4 Å². The van der Waals surface area contributed by atoms with Crippen molar-refractivity contribution in [3.05, 3.63) is 64.1 Å². The quantitative estimate of drug-likeness (QED) is 0.513. The monoisotopic (exact) mass is 462 g/mol. The van der Waals surface area contributed by atoms with Gasteiger partial charge in [-0.15, -0.1) is 11.3 Å². The van der Waals surface area contributed by atoms with Crippen LogP contribution in [0.5, 0.6) is 0 Å². The molecule has 1 amide bonds. The summed E-state index contributed by atoms with van der Waals surface area (Å²) in [6, 6.07) is 5.80. The Morgan fingerprint density at radius 3 is 2.66 bits per heavy atom. The summed E-state index contributed by atoms with van der Waals surface area (Å²) >= 11 is 0.998. The summed E-state index contributed by atoms with van der Waals surface area (Å²) in [5.74, 6) is -0.709. The third-order valence-electron chi connectivity index (χ3n) is 6.21. The highest BCUT2D eigenvalue weighted by molar-refractivity contribution is 7.09.